The lowest BCUT2D eigenvalue weighted by molar-refractivity contribution is -0.253. The van der Waals surface area contributed by atoms with Crippen LogP contribution in [0.15, 0.2) is 102 Å². The van der Waals surface area contributed by atoms with Crippen LogP contribution in [-0.4, -0.2) is 79.0 Å². The number of amides is 1. The molecule has 11 nitrogen and oxygen atoms in total. The minimum atomic E-state index is -1.38. The molecule has 0 saturated heterocycles. The number of aliphatic hydroxyl groups excluding tert-OH is 2. The number of fused-ring (bicyclic) bond motifs is 2. The Morgan fingerprint density at radius 3 is 2.49 bits per heavy atom. The van der Waals surface area contributed by atoms with E-state index in [0.717, 1.165) is 48.7 Å². The lowest BCUT2D eigenvalue weighted by Gasteiger charge is -2.59. The van der Waals surface area contributed by atoms with Gasteiger partial charge in [-0.25, -0.2) is 4.79 Å². The first-order chi connectivity index (χ1) is 26.9. The molecule has 1 saturated carbocycles. The van der Waals surface area contributed by atoms with Crippen LogP contribution in [0, 0.1) is 17.8 Å². The number of oxime groups is 1. The molecule has 55 heavy (non-hydrogen) atoms. The van der Waals surface area contributed by atoms with Crippen LogP contribution in [0.1, 0.15) is 72.3 Å². The Labute approximate surface area is 323 Å². The third-order valence-corrected chi connectivity index (χ3v) is 11.1. The molecule has 2 N–H and O–H groups in total. The van der Waals surface area contributed by atoms with Crippen molar-refractivity contribution in [3.63, 3.8) is 0 Å². The van der Waals surface area contributed by atoms with E-state index in [2.05, 4.69) is 12.7 Å². The first-order valence-electron chi connectivity index (χ1n) is 19.2. The van der Waals surface area contributed by atoms with Crippen molar-refractivity contribution in [1.82, 2.24) is 4.90 Å². The zero-order valence-electron chi connectivity index (χ0n) is 31.7. The maximum atomic E-state index is 13.4. The van der Waals surface area contributed by atoms with Gasteiger partial charge < -0.3 is 38.9 Å². The van der Waals surface area contributed by atoms with Crippen LogP contribution in [0.25, 0.3) is 0 Å². The SMILES string of the molecule is C=CCO[C@@]12Oc3ccc(Oc4cccc(C=O)c4)cc3[C@H]3[C@H](CCCCO)[C@@H](CCCCO)C=C(C(=NOCc4ccccc4)C[C@@H]1N(C)C(=O)OC)[C@H]32. The van der Waals surface area contributed by atoms with E-state index in [-0.39, 0.29) is 50.6 Å². The van der Waals surface area contributed by atoms with Gasteiger partial charge in [-0.05, 0) is 79.0 Å². The van der Waals surface area contributed by atoms with Crippen LogP contribution in [0.5, 0.6) is 17.2 Å². The fourth-order valence-electron chi connectivity index (χ4n) is 8.61. The van der Waals surface area contributed by atoms with E-state index in [9.17, 15) is 19.8 Å². The van der Waals surface area contributed by atoms with Crippen LogP contribution in [0.2, 0.25) is 0 Å². The van der Waals surface area contributed by atoms with E-state index in [1.54, 1.807) is 37.4 Å². The summed E-state index contributed by atoms with van der Waals surface area (Å²) in [5.41, 5.74) is 4.01. The Bertz CT molecular complexity index is 1850. The van der Waals surface area contributed by atoms with E-state index < -0.39 is 23.8 Å². The summed E-state index contributed by atoms with van der Waals surface area (Å²) >= 11 is 0. The summed E-state index contributed by atoms with van der Waals surface area (Å²) in [7, 11) is 3.04. The Morgan fingerprint density at radius 1 is 1.00 bits per heavy atom. The number of allylic oxidation sites excluding steroid dienone is 1. The highest BCUT2D eigenvalue weighted by molar-refractivity contribution is 6.03. The Kier molecular flexibility index (Phi) is 13.4. The predicted octanol–water partition coefficient (Wildman–Crippen LogP) is 7.82. The smallest absolute Gasteiger partial charge is 0.409 e. The number of ether oxygens (including phenoxy) is 4. The molecule has 6 atom stereocenters. The van der Waals surface area contributed by atoms with Gasteiger partial charge in [0.25, 0.3) is 0 Å². The van der Waals surface area contributed by atoms with Crippen LogP contribution in [0.4, 0.5) is 4.79 Å². The van der Waals surface area contributed by atoms with Crippen LogP contribution in [0.3, 0.4) is 0 Å². The van der Waals surface area contributed by atoms with E-state index in [1.165, 1.54) is 12.0 Å². The summed E-state index contributed by atoms with van der Waals surface area (Å²) in [5, 5.41) is 24.5. The van der Waals surface area contributed by atoms with E-state index in [1.807, 2.05) is 48.5 Å². The summed E-state index contributed by atoms with van der Waals surface area (Å²) in [6, 6.07) is 21.9. The molecule has 0 spiro atoms. The second-order valence-electron chi connectivity index (χ2n) is 14.4. The second-order valence-corrected chi connectivity index (χ2v) is 14.4. The number of hydrogen-bond donors (Lipinski definition) is 2. The van der Waals surface area contributed by atoms with E-state index in [0.29, 0.717) is 41.4 Å². The molecule has 2 aliphatic carbocycles. The Hall–Kier alpha value is -4.97. The van der Waals surface area contributed by atoms with Crippen LogP contribution in [-0.2, 0) is 20.9 Å². The first-order valence-corrected chi connectivity index (χ1v) is 19.2. The highest BCUT2D eigenvalue weighted by atomic mass is 16.7. The molecule has 3 aromatic rings. The molecular formula is C44H52N2O9. The van der Waals surface area contributed by atoms with Gasteiger partial charge in [-0.2, -0.15) is 0 Å². The average molecular weight is 753 g/mol. The molecule has 0 unspecified atom stereocenters. The minimum Gasteiger partial charge on any atom is -0.459 e. The molecule has 1 heterocycles. The van der Waals surface area contributed by atoms with Gasteiger partial charge in [0.15, 0.2) is 0 Å². The van der Waals surface area contributed by atoms with Crippen molar-refractivity contribution in [3.8, 4) is 17.2 Å². The number of aliphatic hydroxyl groups is 2. The molecule has 1 aliphatic heterocycles. The molecule has 11 heteroatoms. The second kappa shape index (κ2) is 18.6. The van der Waals surface area contributed by atoms with Crippen molar-refractivity contribution in [2.24, 2.45) is 22.9 Å². The van der Waals surface area contributed by atoms with Crippen molar-refractivity contribution < 1.29 is 43.6 Å². The van der Waals surface area contributed by atoms with Gasteiger partial charge in [-0.3, -0.25) is 4.79 Å². The topological polar surface area (TPSA) is 136 Å². The van der Waals surface area contributed by atoms with Crippen molar-refractivity contribution >= 4 is 18.1 Å². The number of hydrogen-bond acceptors (Lipinski definition) is 10. The number of unbranched alkanes of at least 4 members (excludes halogenated alkanes) is 2. The molecule has 3 aromatic carbocycles. The predicted molar refractivity (Wildman–Crippen MR) is 208 cm³/mol. The standard InChI is InChI=1S/C44H52N2O9/c1-4-23-52-44-40(46(2)43(50)51-3)27-38(45-53-29-30-13-6-5-7-14-30)36-25-32(16-8-10-21-47)35(18-9-11-22-48)41(42(36)44)37-26-34(19-20-39(37)55-44)54-33-17-12-15-31(24-33)28-49/h4-7,12-15,17,19-20,24-26,28,32,35,40-42,47-48H,1,8-11,16,18,21-23,27,29H2,2-3H3/t32-,35+,40-,41+,42+,44+/m0/s1. The largest absolute Gasteiger partial charge is 0.459 e. The van der Waals surface area contributed by atoms with E-state index in [4.69, 9.17) is 28.9 Å². The number of rotatable bonds is 18. The zero-order valence-corrected chi connectivity index (χ0v) is 31.7. The zero-order chi connectivity index (χ0) is 38.8. The molecule has 1 amide bonds. The molecule has 0 radical (unpaired) electrons. The fraction of sp³-hybridized carbons (Fsp3) is 0.432. The summed E-state index contributed by atoms with van der Waals surface area (Å²) in [6.45, 7) is 4.56. The number of carbonyl (C=O) groups is 2. The lowest BCUT2D eigenvalue weighted by Crippen LogP contribution is -2.69. The van der Waals surface area contributed by atoms with Crippen molar-refractivity contribution in [3.05, 3.63) is 114 Å². The highest BCUT2D eigenvalue weighted by Gasteiger charge is 2.65. The van der Waals surface area contributed by atoms with Crippen molar-refractivity contribution in [2.45, 2.75) is 69.3 Å². The maximum Gasteiger partial charge on any atom is 0.409 e. The number of methoxy groups -OCH3 is 1. The lowest BCUT2D eigenvalue weighted by atomic mass is 9.55. The third kappa shape index (κ3) is 8.64. The molecule has 1 fully saturated rings. The number of likely N-dealkylation sites (N-methyl/N-ethyl adjacent to an activating group) is 1. The fourth-order valence-corrected chi connectivity index (χ4v) is 8.61. The summed E-state index contributed by atoms with van der Waals surface area (Å²) < 4.78 is 25.6. The van der Waals surface area contributed by atoms with Gasteiger partial charge in [-0.1, -0.05) is 72.6 Å². The molecular weight excluding hydrogens is 700 g/mol. The number of aldehydes is 1. The van der Waals surface area contributed by atoms with Crippen LogP contribution >= 0.6 is 0 Å². The quantitative estimate of drug-likeness (QED) is 0.0577. The summed E-state index contributed by atoms with van der Waals surface area (Å²) in [4.78, 5) is 32.6. The molecule has 0 aromatic heterocycles. The van der Waals surface area contributed by atoms with Gasteiger partial charge in [0, 0.05) is 43.7 Å². The van der Waals surface area contributed by atoms with Crippen molar-refractivity contribution in [1.29, 1.82) is 0 Å². The summed E-state index contributed by atoms with van der Waals surface area (Å²) in [6.07, 6.45) is 9.04. The average Bonchev–Trinajstić information content (AvgIpc) is 3.21. The number of benzene rings is 3. The highest BCUT2D eigenvalue weighted by Crippen LogP contribution is 2.62. The normalized spacial score (nSPS) is 24.4. The molecule has 6 rings (SSSR count). The van der Waals surface area contributed by atoms with Gasteiger partial charge >= 0.3 is 6.09 Å². The third-order valence-electron chi connectivity index (χ3n) is 11.1. The first kappa shape index (κ1) is 39.7. The van der Waals surface area contributed by atoms with Crippen molar-refractivity contribution in [2.75, 3.05) is 34.0 Å². The Morgan fingerprint density at radius 2 is 1.76 bits per heavy atom. The maximum absolute atomic E-state index is 13.4. The molecule has 0 bridgehead atoms. The number of nitrogens with zero attached hydrogens (tertiary/aromatic N) is 2. The van der Waals surface area contributed by atoms with Crippen LogP contribution < -0.4 is 9.47 Å². The number of carbonyl (C=O) groups excluding carboxylic acids is 2. The molecule has 292 valence electrons. The summed E-state index contributed by atoms with van der Waals surface area (Å²) in [5.74, 6) is -0.236. The van der Waals surface area contributed by atoms with Gasteiger partial charge in [0.05, 0.1) is 25.3 Å². The van der Waals surface area contributed by atoms with Gasteiger partial charge in [-0.15, -0.1) is 6.58 Å². The van der Waals surface area contributed by atoms with E-state index >= 15 is 0 Å². The minimum absolute atomic E-state index is 0.0515. The van der Waals surface area contributed by atoms with Gasteiger partial charge in [0.1, 0.15) is 36.2 Å². The van der Waals surface area contributed by atoms with Gasteiger partial charge in [0.2, 0.25) is 5.79 Å². The molecule has 3 aliphatic rings. The monoisotopic (exact) mass is 752 g/mol. The Balaban J connectivity index is 1.55.